The molecule has 1 aromatic carbocycles. The number of carbonyl (C=O) groups is 1. The van der Waals surface area contributed by atoms with Crippen LogP contribution in [0.4, 0.5) is 5.13 Å². The Hall–Kier alpha value is -1.70. The highest BCUT2D eigenvalue weighted by Gasteiger charge is 2.10. The Balaban J connectivity index is 1.45. The number of ketones is 1. The third-order valence-electron chi connectivity index (χ3n) is 3.33. The van der Waals surface area contributed by atoms with E-state index in [0.717, 1.165) is 33.6 Å². The fraction of sp³-hybridized carbons (Fsp3) is 0.235. The minimum atomic E-state index is 0.113. The fourth-order valence-electron chi connectivity index (χ4n) is 2.04. The second-order valence-electron chi connectivity index (χ2n) is 5.21. The van der Waals surface area contributed by atoms with Crippen molar-refractivity contribution >= 4 is 45.4 Å². The molecule has 0 unspecified atom stereocenters. The monoisotopic (exact) mass is 375 g/mol. The van der Waals surface area contributed by atoms with Crippen molar-refractivity contribution in [2.45, 2.75) is 17.7 Å². The molecule has 0 atom stereocenters. The largest absolute Gasteiger partial charge is 0.360 e. The molecule has 7 heteroatoms. The van der Waals surface area contributed by atoms with E-state index in [2.05, 4.69) is 33.0 Å². The molecular weight excluding hydrogens is 358 g/mol. The second-order valence-corrected chi connectivity index (χ2v) is 8.44. The molecule has 0 fully saturated rings. The number of thioether (sulfide) groups is 1. The molecule has 0 aliphatic carbocycles. The molecule has 0 spiro atoms. The van der Waals surface area contributed by atoms with E-state index in [1.54, 1.807) is 11.3 Å². The van der Waals surface area contributed by atoms with Crippen molar-refractivity contribution in [1.29, 1.82) is 0 Å². The van der Waals surface area contributed by atoms with Crippen molar-refractivity contribution in [3.63, 3.8) is 0 Å². The van der Waals surface area contributed by atoms with Crippen LogP contribution in [0.5, 0.6) is 0 Å². The van der Waals surface area contributed by atoms with Crippen molar-refractivity contribution in [2.75, 3.05) is 17.6 Å². The Morgan fingerprint density at radius 2 is 2.04 bits per heavy atom. The molecule has 3 rings (SSSR count). The summed E-state index contributed by atoms with van der Waals surface area (Å²) < 4.78 is 0.814. The van der Waals surface area contributed by atoms with Crippen LogP contribution in [0.2, 0.25) is 0 Å². The van der Waals surface area contributed by atoms with Crippen LogP contribution in [0.1, 0.15) is 20.8 Å². The molecule has 0 amide bonds. The summed E-state index contributed by atoms with van der Waals surface area (Å²) in [5.41, 5.74) is 1.90. The van der Waals surface area contributed by atoms with Gasteiger partial charge in [-0.3, -0.25) is 4.79 Å². The van der Waals surface area contributed by atoms with Crippen LogP contribution >= 0.6 is 34.4 Å². The van der Waals surface area contributed by atoms with Gasteiger partial charge in [0, 0.05) is 17.0 Å². The molecular formula is C17H17N3OS3. The maximum absolute atomic E-state index is 12.2. The predicted octanol–water partition coefficient (Wildman–Crippen LogP) is 4.54. The molecule has 3 aromatic rings. The standard InChI is InChI=1S/C17H17N3OS3/c1-12-4-6-13(7-5-12)15(21)11-23-17-20-19-16(24-17)18-9-8-14-3-2-10-22-14/h2-7,10H,8-9,11H2,1H3,(H,18,19). The van der Waals surface area contributed by atoms with Crippen molar-refractivity contribution in [3.05, 3.63) is 57.8 Å². The number of Topliss-reactive ketones (excluding diaryl/α,β-unsaturated/α-hetero) is 1. The summed E-state index contributed by atoms with van der Waals surface area (Å²) in [6, 6.07) is 11.8. The van der Waals surface area contributed by atoms with Gasteiger partial charge < -0.3 is 5.32 Å². The molecule has 0 saturated heterocycles. The summed E-state index contributed by atoms with van der Waals surface area (Å²) in [5, 5.41) is 14.4. The number of hydrogen-bond donors (Lipinski definition) is 1. The number of rotatable bonds is 8. The Kier molecular flexibility index (Phi) is 6.01. The number of hydrogen-bond acceptors (Lipinski definition) is 7. The third-order valence-corrected chi connectivity index (χ3v) is 6.28. The van der Waals surface area contributed by atoms with Gasteiger partial charge in [-0.2, -0.15) is 0 Å². The number of anilines is 1. The van der Waals surface area contributed by atoms with Crippen molar-refractivity contribution < 1.29 is 4.79 Å². The van der Waals surface area contributed by atoms with E-state index in [1.165, 1.54) is 28.0 Å². The highest BCUT2D eigenvalue weighted by atomic mass is 32.2. The molecule has 0 saturated carbocycles. The second kappa shape index (κ2) is 8.41. The summed E-state index contributed by atoms with van der Waals surface area (Å²) in [5.74, 6) is 0.495. The normalized spacial score (nSPS) is 10.7. The summed E-state index contributed by atoms with van der Waals surface area (Å²) in [6.45, 7) is 2.85. The van der Waals surface area contributed by atoms with Crippen LogP contribution in [-0.4, -0.2) is 28.3 Å². The van der Waals surface area contributed by atoms with E-state index in [1.807, 2.05) is 31.2 Å². The zero-order valence-corrected chi connectivity index (χ0v) is 15.6. The van der Waals surface area contributed by atoms with E-state index < -0.39 is 0 Å². The number of benzene rings is 1. The van der Waals surface area contributed by atoms with Crippen molar-refractivity contribution in [2.24, 2.45) is 0 Å². The van der Waals surface area contributed by atoms with E-state index >= 15 is 0 Å². The summed E-state index contributed by atoms with van der Waals surface area (Å²) in [6.07, 6.45) is 0.978. The number of aromatic nitrogens is 2. The first-order valence-corrected chi connectivity index (χ1v) is 10.2. The predicted molar refractivity (Wildman–Crippen MR) is 103 cm³/mol. The van der Waals surface area contributed by atoms with Gasteiger partial charge in [-0.1, -0.05) is 59.0 Å². The molecule has 4 nitrogen and oxygen atoms in total. The van der Waals surface area contributed by atoms with Gasteiger partial charge in [0.15, 0.2) is 10.1 Å². The van der Waals surface area contributed by atoms with E-state index in [0.29, 0.717) is 5.75 Å². The number of nitrogens with one attached hydrogen (secondary N) is 1. The molecule has 0 aliphatic rings. The average Bonchev–Trinajstić information content (AvgIpc) is 3.25. The molecule has 0 aliphatic heterocycles. The smallest absolute Gasteiger partial charge is 0.206 e. The molecule has 2 aromatic heterocycles. The Morgan fingerprint density at radius 1 is 1.21 bits per heavy atom. The van der Waals surface area contributed by atoms with Crippen LogP contribution in [0, 0.1) is 6.92 Å². The molecule has 24 heavy (non-hydrogen) atoms. The molecule has 1 N–H and O–H groups in total. The first-order chi connectivity index (χ1) is 11.7. The van der Waals surface area contributed by atoms with Crippen LogP contribution in [0.25, 0.3) is 0 Å². The maximum Gasteiger partial charge on any atom is 0.206 e. The first kappa shape index (κ1) is 17.1. The zero-order valence-electron chi connectivity index (χ0n) is 13.2. The lowest BCUT2D eigenvalue weighted by Crippen LogP contribution is -2.03. The van der Waals surface area contributed by atoms with Gasteiger partial charge in [-0.05, 0) is 24.8 Å². The van der Waals surface area contributed by atoms with Crippen molar-refractivity contribution in [3.8, 4) is 0 Å². The zero-order chi connectivity index (χ0) is 16.8. The van der Waals surface area contributed by atoms with Gasteiger partial charge in [0.05, 0.1) is 5.75 Å². The average molecular weight is 376 g/mol. The number of thiophene rings is 1. The van der Waals surface area contributed by atoms with E-state index in [4.69, 9.17) is 0 Å². The van der Waals surface area contributed by atoms with Crippen LogP contribution in [-0.2, 0) is 6.42 Å². The summed E-state index contributed by atoms with van der Waals surface area (Å²) in [7, 11) is 0. The van der Waals surface area contributed by atoms with Crippen LogP contribution < -0.4 is 5.32 Å². The summed E-state index contributed by atoms with van der Waals surface area (Å²) >= 11 is 4.69. The Bertz CT molecular complexity index is 782. The van der Waals surface area contributed by atoms with Crippen LogP contribution in [0.3, 0.4) is 0 Å². The highest BCUT2D eigenvalue weighted by Crippen LogP contribution is 2.26. The van der Waals surface area contributed by atoms with Gasteiger partial charge in [-0.15, -0.1) is 21.5 Å². The molecule has 2 heterocycles. The van der Waals surface area contributed by atoms with Gasteiger partial charge >= 0.3 is 0 Å². The van der Waals surface area contributed by atoms with E-state index in [-0.39, 0.29) is 5.78 Å². The van der Waals surface area contributed by atoms with E-state index in [9.17, 15) is 4.79 Å². The van der Waals surface area contributed by atoms with Gasteiger partial charge in [0.2, 0.25) is 5.13 Å². The number of nitrogens with zero attached hydrogens (tertiary/aromatic N) is 2. The molecule has 0 bridgehead atoms. The van der Waals surface area contributed by atoms with Gasteiger partial charge in [-0.25, -0.2) is 0 Å². The minimum absolute atomic E-state index is 0.113. The Labute approximate surface area is 153 Å². The van der Waals surface area contributed by atoms with Crippen LogP contribution in [0.15, 0.2) is 46.1 Å². The summed E-state index contributed by atoms with van der Waals surface area (Å²) in [4.78, 5) is 13.5. The molecule has 0 radical (unpaired) electrons. The molecule has 124 valence electrons. The number of carbonyl (C=O) groups excluding carboxylic acids is 1. The fourth-order valence-corrected chi connectivity index (χ4v) is 4.42. The number of aryl methyl sites for hydroxylation is 1. The lowest BCUT2D eigenvalue weighted by molar-refractivity contribution is 0.102. The minimum Gasteiger partial charge on any atom is -0.360 e. The third kappa shape index (κ3) is 4.90. The first-order valence-electron chi connectivity index (χ1n) is 7.53. The lowest BCUT2D eigenvalue weighted by atomic mass is 10.1. The lowest BCUT2D eigenvalue weighted by Gasteiger charge is -2.00. The maximum atomic E-state index is 12.2. The Morgan fingerprint density at radius 3 is 2.79 bits per heavy atom. The quantitative estimate of drug-likeness (QED) is 0.463. The SMILES string of the molecule is Cc1ccc(C(=O)CSc2nnc(NCCc3cccs3)s2)cc1. The van der Waals surface area contributed by atoms with Gasteiger partial charge in [0.1, 0.15) is 0 Å². The highest BCUT2D eigenvalue weighted by molar-refractivity contribution is 8.01. The topological polar surface area (TPSA) is 54.9 Å². The van der Waals surface area contributed by atoms with Crippen molar-refractivity contribution in [1.82, 2.24) is 10.2 Å². The van der Waals surface area contributed by atoms with Gasteiger partial charge in [0.25, 0.3) is 0 Å².